The van der Waals surface area contributed by atoms with Gasteiger partial charge in [0.05, 0.1) is 0 Å². The van der Waals surface area contributed by atoms with E-state index in [2.05, 4.69) is 25.7 Å². The maximum absolute atomic E-state index is 6.34. The number of rotatable bonds is 2. The lowest BCUT2D eigenvalue weighted by Gasteiger charge is -2.52. The number of nitrogens with zero attached hydrogens (tertiary/aromatic N) is 1. The second-order valence-electron chi connectivity index (χ2n) is 9.30. The van der Waals surface area contributed by atoms with Gasteiger partial charge in [-0.25, -0.2) is 0 Å². The van der Waals surface area contributed by atoms with Crippen molar-refractivity contribution < 1.29 is 0 Å². The lowest BCUT2D eigenvalue weighted by molar-refractivity contribution is -0.0133. The molecule has 0 amide bonds. The van der Waals surface area contributed by atoms with E-state index < -0.39 is 0 Å². The molecule has 2 saturated carbocycles. The van der Waals surface area contributed by atoms with Gasteiger partial charge in [0.2, 0.25) is 0 Å². The molecule has 2 atom stereocenters. The molecule has 0 bridgehead atoms. The third kappa shape index (κ3) is 2.79. The first-order valence-electron chi connectivity index (χ1n) is 9.37. The van der Waals surface area contributed by atoms with Crippen molar-refractivity contribution in [1.29, 1.82) is 0 Å². The molecule has 0 aromatic heterocycles. The average molecular weight is 293 g/mol. The summed E-state index contributed by atoms with van der Waals surface area (Å²) in [4.78, 5) is 2.81. The van der Waals surface area contributed by atoms with E-state index in [0.717, 1.165) is 12.5 Å². The van der Waals surface area contributed by atoms with Crippen LogP contribution in [0.5, 0.6) is 0 Å². The monoisotopic (exact) mass is 292 g/mol. The van der Waals surface area contributed by atoms with Crippen LogP contribution in [0.25, 0.3) is 0 Å². The molecule has 1 saturated heterocycles. The second kappa shape index (κ2) is 5.53. The van der Waals surface area contributed by atoms with Gasteiger partial charge < -0.3 is 5.73 Å². The molecule has 122 valence electrons. The van der Waals surface area contributed by atoms with Crippen molar-refractivity contribution in [3.8, 4) is 0 Å². The zero-order chi connectivity index (χ0) is 15.1. The first-order valence-corrected chi connectivity index (χ1v) is 9.37. The highest BCUT2D eigenvalue weighted by Gasteiger charge is 2.52. The van der Waals surface area contributed by atoms with E-state index in [1.807, 2.05) is 0 Å². The molecule has 2 unspecified atom stereocenters. The van der Waals surface area contributed by atoms with Gasteiger partial charge in [-0.05, 0) is 68.4 Å². The van der Waals surface area contributed by atoms with E-state index in [1.54, 1.807) is 0 Å². The second-order valence-corrected chi connectivity index (χ2v) is 9.30. The SMILES string of the molecule is CC1CC(C)(C)CC1(CN)N1CCC2(CCCCC2)CC1. The summed E-state index contributed by atoms with van der Waals surface area (Å²) in [5.74, 6) is 0.748. The molecule has 2 nitrogen and oxygen atoms in total. The van der Waals surface area contributed by atoms with Crippen LogP contribution in [-0.2, 0) is 0 Å². The van der Waals surface area contributed by atoms with Crippen molar-refractivity contribution in [3.63, 3.8) is 0 Å². The van der Waals surface area contributed by atoms with Gasteiger partial charge in [-0.3, -0.25) is 4.90 Å². The fourth-order valence-electron chi connectivity index (χ4n) is 6.15. The van der Waals surface area contributed by atoms with Gasteiger partial charge >= 0.3 is 0 Å². The molecule has 3 fully saturated rings. The van der Waals surface area contributed by atoms with E-state index in [1.165, 1.54) is 70.9 Å². The zero-order valence-corrected chi connectivity index (χ0v) is 14.6. The van der Waals surface area contributed by atoms with Crippen molar-refractivity contribution in [2.24, 2.45) is 22.5 Å². The van der Waals surface area contributed by atoms with Crippen LogP contribution in [0.3, 0.4) is 0 Å². The molecule has 0 aromatic carbocycles. The van der Waals surface area contributed by atoms with Gasteiger partial charge in [-0.1, -0.05) is 40.0 Å². The Kier molecular flexibility index (Phi) is 4.16. The van der Waals surface area contributed by atoms with Gasteiger partial charge in [0.25, 0.3) is 0 Å². The van der Waals surface area contributed by atoms with Crippen LogP contribution in [0, 0.1) is 16.7 Å². The quantitative estimate of drug-likeness (QED) is 0.827. The lowest BCUT2D eigenvalue weighted by atomic mass is 9.67. The summed E-state index contributed by atoms with van der Waals surface area (Å²) < 4.78 is 0. The number of piperidine rings is 1. The van der Waals surface area contributed by atoms with Gasteiger partial charge in [0.1, 0.15) is 0 Å². The third-order valence-electron chi connectivity index (χ3n) is 7.28. The summed E-state index contributed by atoms with van der Waals surface area (Å²) >= 11 is 0. The molecule has 1 spiro atoms. The average Bonchev–Trinajstić information content (AvgIpc) is 2.70. The first kappa shape index (κ1) is 15.8. The van der Waals surface area contributed by atoms with Gasteiger partial charge in [0, 0.05) is 12.1 Å². The van der Waals surface area contributed by atoms with Crippen LogP contribution < -0.4 is 5.73 Å². The molecular formula is C19H36N2. The van der Waals surface area contributed by atoms with Crippen LogP contribution >= 0.6 is 0 Å². The molecule has 21 heavy (non-hydrogen) atoms. The Morgan fingerprint density at radius 3 is 2.10 bits per heavy atom. The number of hydrogen-bond acceptors (Lipinski definition) is 2. The molecule has 2 heteroatoms. The van der Waals surface area contributed by atoms with Crippen molar-refractivity contribution >= 4 is 0 Å². The van der Waals surface area contributed by atoms with Crippen molar-refractivity contribution in [3.05, 3.63) is 0 Å². The normalized spacial score (nSPS) is 39.7. The fraction of sp³-hybridized carbons (Fsp3) is 1.00. The Labute approximate surface area is 131 Å². The summed E-state index contributed by atoms with van der Waals surface area (Å²) in [5.41, 5.74) is 7.81. The topological polar surface area (TPSA) is 29.3 Å². The van der Waals surface area contributed by atoms with Crippen molar-refractivity contribution in [2.75, 3.05) is 19.6 Å². The maximum atomic E-state index is 6.34. The van der Waals surface area contributed by atoms with E-state index >= 15 is 0 Å². The number of nitrogens with two attached hydrogens (primary N) is 1. The third-order valence-corrected chi connectivity index (χ3v) is 7.28. The van der Waals surface area contributed by atoms with Crippen molar-refractivity contribution in [2.45, 2.75) is 84.1 Å². The first-order chi connectivity index (χ1) is 9.91. The fourth-order valence-corrected chi connectivity index (χ4v) is 6.15. The Hall–Kier alpha value is -0.0800. The van der Waals surface area contributed by atoms with Crippen molar-refractivity contribution in [1.82, 2.24) is 4.90 Å². The Balaban J connectivity index is 1.70. The lowest BCUT2D eigenvalue weighted by Crippen LogP contribution is -2.59. The van der Waals surface area contributed by atoms with Gasteiger partial charge in [0.15, 0.2) is 0 Å². The van der Waals surface area contributed by atoms with Crippen LogP contribution in [0.15, 0.2) is 0 Å². The Bertz CT molecular complexity index is 360. The smallest absolute Gasteiger partial charge is 0.0362 e. The minimum Gasteiger partial charge on any atom is -0.329 e. The minimum atomic E-state index is 0.291. The highest BCUT2D eigenvalue weighted by molar-refractivity contribution is 5.07. The summed E-state index contributed by atoms with van der Waals surface area (Å²) in [6.45, 7) is 10.8. The Morgan fingerprint density at radius 2 is 1.62 bits per heavy atom. The highest BCUT2D eigenvalue weighted by atomic mass is 15.2. The molecule has 3 aliphatic rings. The summed E-state index contributed by atoms with van der Waals surface area (Å²) in [5, 5.41) is 0. The molecule has 2 aliphatic carbocycles. The largest absolute Gasteiger partial charge is 0.329 e. The molecular weight excluding hydrogens is 256 g/mol. The van der Waals surface area contributed by atoms with E-state index in [-0.39, 0.29) is 0 Å². The minimum absolute atomic E-state index is 0.291. The maximum Gasteiger partial charge on any atom is 0.0362 e. The van der Waals surface area contributed by atoms with E-state index in [4.69, 9.17) is 5.73 Å². The standard InChI is InChI=1S/C19H36N2/c1-16-13-17(2,3)14-19(16,15-20)21-11-9-18(10-12-21)7-5-4-6-8-18/h16H,4-15,20H2,1-3H3. The molecule has 0 aromatic rings. The van der Waals surface area contributed by atoms with E-state index in [0.29, 0.717) is 16.4 Å². The molecule has 1 heterocycles. The molecule has 3 rings (SSSR count). The predicted molar refractivity (Wildman–Crippen MR) is 90.3 cm³/mol. The molecule has 1 aliphatic heterocycles. The molecule has 0 radical (unpaired) electrons. The van der Waals surface area contributed by atoms with E-state index in [9.17, 15) is 0 Å². The highest BCUT2D eigenvalue weighted by Crippen LogP contribution is 2.52. The Morgan fingerprint density at radius 1 is 1.00 bits per heavy atom. The van der Waals surface area contributed by atoms with Gasteiger partial charge in [-0.2, -0.15) is 0 Å². The number of likely N-dealkylation sites (tertiary alicyclic amines) is 1. The van der Waals surface area contributed by atoms with Crippen LogP contribution in [0.4, 0.5) is 0 Å². The summed E-state index contributed by atoms with van der Waals surface area (Å²) in [6.07, 6.45) is 12.9. The van der Waals surface area contributed by atoms with Crippen LogP contribution in [-0.4, -0.2) is 30.1 Å². The van der Waals surface area contributed by atoms with Crippen LogP contribution in [0.1, 0.15) is 78.6 Å². The summed E-state index contributed by atoms with van der Waals surface area (Å²) in [7, 11) is 0. The molecule has 2 N–H and O–H groups in total. The summed E-state index contributed by atoms with van der Waals surface area (Å²) in [6, 6.07) is 0. The number of hydrogen-bond donors (Lipinski definition) is 1. The predicted octanol–water partition coefficient (Wildman–Crippen LogP) is 4.19. The van der Waals surface area contributed by atoms with Gasteiger partial charge in [-0.15, -0.1) is 0 Å². The zero-order valence-electron chi connectivity index (χ0n) is 14.6. The van der Waals surface area contributed by atoms with Crippen LogP contribution in [0.2, 0.25) is 0 Å².